The molecule has 0 unspecified atom stereocenters. The molecule has 1 rings (SSSR count). The highest BCUT2D eigenvalue weighted by atomic mass is 28.3. The smallest absolute Gasteiger partial charge is 0.139 e. The maximum Gasteiger partial charge on any atom is 0.139 e. The van der Waals surface area contributed by atoms with Crippen LogP contribution in [-0.2, 0) is 17.9 Å². The van der Waals surface area contributed by atoms with Crippen LogP contribution in [0.25, 0.3) is 0 Å². The van der Waals surface area contributed by atoms with Crippen LogP contribution in [0, 0.1) is 0 Å². The van der Waals surface area contributed by atoms with Crippen LogP contribution in [0.1, 0.15) is 12.5 Å². The van der Waals surface area contributed by atoms with E-state index in [9.17, 15) is 0 Å². The molecular weight excluding hydrogens is 204 g/mol. The van der Waals surface area contributed by atoms with Crippen LogP contribution >= 0.6 is 0 Å². The molecule has 0 bridgehead atoms. The van der Waals surface area contributed by atoms with E-state index in [2.05, 4.69) is 37.9 Å². The van der Waals surface area contributed by atoms with Crippen LogP contribution in [0.5, 0.6) is 0 Å². The largest absolute Gasteiger partial charge is 0.360 e. The molecule has 0 spiro atoms. The van der Waals surface area contributed by atoms with Crippen molar-refractivity contribution in [1.29, 1.82) is 0 Å². The maximum absolute atomic E-state index is 5.59. The Kier molecular flexibility index (Phi) is 4.54. The van der Waals surface area contributed by atoms with Crippen molar-refractivity contribution in [1.82, 2.24) is 9.78 Å². The van der Waals surface area contributed by atoms with Crippen molar-refractivity contribution >= 4 is 8.07 Å². The zero-order valence-electron chi connectivity index (χ0n) is 10.3. The van der Waals surface area contributed by atoms with Gasteiger partial charge < -0.3 is 4.74 Å². The highest BCUT2D eigenvalue weighted by molar-refractivity contribution is 6.76. The molecule has 1 heterocycles. The zero-order valence-corrected chi connectivity index (χ0v) is 11.3. The van der Waals surface area contributed by atoms with E-state index in [1.165, 1.54) is 11.6 Å². The molecule has 0 aliphatic carbocycles. The Labute approximate surface area is 93.5 Å². The number of hydrogen-bond donors (Lipinski definition) is 0. The molecule has 0 saturated carbocycles. The van der Waals surface area contributed by atoms with Crippen molar-refractivity contribution in [2.45, 2.75) is 45.8 Å². The monoisotopic (exact) mass is 226 g/mol. The highest BCUT2D eigenvalue weighted by Crippen LogP contribution is 2.07. The van der Waals surface area contributed by atoms with Crippen LogP contribution in [0.3, 0.4) is 0 Å². The SMILES string of the molecule is CCc1cnn(COCC[Si](C)(C)C)c1. The van der Waals surface area contributed by atoms with E-state index >= 15 is 0 Å². The molecule has 0 atom stereocenters. The summed E-state index contributed by atoms with van der Waals surface area (Å²) in [5, 5.41) is 4.22. The van der Waals surface area contributed by atoms with Gasteiger partial charge in [0, 0.05) is 20.9 Å². The molecule has 0 N–H and O–H groups in total. The van der Waals surface area contributed by atoms with Gasteiger partial charge in [-0.05, 0) is 18.0 Å². The third kappa shape index (κ3) is 5.13. The molecule has 86 valence electrons. The van der Waals surface area contributed by atoms with Crippen molar-refractivity contribution in [2.24, 2.45) is 0 Å². The molecule has 15 heavy (non-hydrogen) atoms. The number of aromatic nitrogens is 2. The van der Waals surface area contributed by atoms with Crippen LogP contribution in [0.4, 0.5) is 0 Å². The average molecular weight is 226 g/mol. The minimum atomic E-state index is -0.952. The van der Waals surface area contributed by atoms with Crippen LogP contribution in [-0.4, -0.2) is 24.5 Å². The van der Waals surface area contributed by atoms with Crippen molar-refractivity contribution in [3.63, 3.8) is 0 Å². The lowest BCUT2D eigenvalue weighted by molar-refractivity contribution is 0.0785. The van der Waals surface area contributed by atoms with Gasteiger partial charge in [-0.15, -0.1) is 0 Å². The fourth-order valence-corrected chi connectivity index (χ4v) is 1.95. The van der Waals surface area contributed by atoms with Crippen molar-refractivity contribution in [2.75, 3.05) is 6.61 Å². The Morgan fingerprint density at radius 3 is 2.67 bits per heavy atom. The van der Waals surface area contributed by atoms with Gasteiger partial charge in [0.25, 0.3) is 0 Å². The summed E-state index contributed by atoms with van der Waals surface area (Å²) >= 11 is 0. The van der Waals surface area contributed by atoms with Gasteiger partial charge in [-0.3, -0.25) is 0 Å². The highest BCUT2D eigenvalue weighted by Gasteiger charge is 2.11. The summed E-state index contributed by atoms with van der Waals surface area (Å²) < 4.78 is 7.45. The van der Waals surface area contributed by atoms with E-state index in [-0.39, 0.29) is 0 Å². The van der Waals surface area contributed by atoms with Crippen molar-refractivity contribution < 1.29 is 4.74 Å². The first-order valence-electron chi connectivity index (χ1n) is 5.60. The van der Waals surface area contributed by atoms with E-state index in [1.807, 2.05) is 10.9 Å². The molecule has 0 aromatic carbocycles. The van der Waals surface area contributed by atoms with Gasteiger partial charge in [0.15, 0.2) is 0 Å². The predicted molar refractivity (Wildman–Crippen MR) is 65.7 cm³/mol. The second-order valence-electron chi connectivity index (χ2n) is 5.09. The topological polar surface area (TPSA) is 27.1 Å². The Balaban J connectivity index is 2.20. The molecule has 0 amide bonds. The first-order chi connectivity index (χ1) is 7.01. The number of rotatable bonds is 6. The normalized spacial score (nSPS) is 12.0. The van der Waals surface area contributed by atoms with Crippen LogP contribution in [0.15, 0.2) is 12.4 Å². The quantitative estimate of drug-likeness (QED) is 0.551. The van der Waals surface area contributed by atoms with Gasteiger partial charge in [0.2, 0.25) is 0 Å². The molecule has 0 aliphatic heterocycles. The Hall–Kier alpha value is -0.613. The van der Waals surface area contributed by atoms with E-state index in [4.69, 9.17) is 4.74 Å². The fraction of sp³-hybridized carbons (Fsp3) is 0.727. The zero-order chi connectivity index (χ0) is 11.3. The van der Waals surface area contributed by atoms with Gasteiger partial charge in [0.1, 0.15) is 6.73 Å². The van der Waals surface area contributed by atoms with E-state index < -0.39 is 8.07 Å². The Bertz CT molecular complexity index is 291. The summed E-state index contributed by atoms with van der Waals surface area (Å²) in [5.74, 6) is 0. The second kappa shape index (κ2) is 5.46. The van der Waals surface area contributed by atoms with Crippen molar-refractivity contribution in [3.8, 4) is 0 Å². The summed E-state index contributed by atoms with van der Waals surface area (Å²) in [6.45, 7) is 10.7. The first kappa shape index (κ1) is 12.5. The minimum Gasteiger partial charge on any atom is -0.360 e. The lowest BCUT2D eigenvalue weighted by atomic mass is 10.3. The van der Waals surface area contributed by atoms with Crippen LogP contribution in [0.2, 0.25) is 25.7 Å². The number of hydrogen-bond acceptors (Lipinski definition) is 2. The van der Waals surface area contributed by atoms with Gasteiger partial charge in [-0.1, -0.05) is 26.6 Å². The number of aryl methyl sites for hydroxylation is 1. The Morgan fingerprint density at radius 2 is 2.13 bits per heavy atom. The predicted octanol–water partition coefficient (Wildman–Crippen LogP) is 2.76. The first-order valence-corrected chi connectivity index (χ1v) is 9.31. The molecule has 0 aliphatic rings. The van der Waals surface area contributed by atoms with E-state index in [1.54, 1.807) is 0 Å². The third-order valence-electron chi connectivity index (χ3n) is 2.31. The third-order valence-corrected chi connectivity index (χ3v) is 4.02. The number of nitrogens with zero attached hydrogens (tertiary/aromatic N) is 2. The molecule has 0 radical (unpaired) electrons. The Morgan fingerprint density at radius 1 is 1.40 bits per heavy atom. The van der Waals surface area contributed by atoms with Crippen molar-refractivity contribution in [3.05, 3.63) is 18.0 Å². The molecule has 0 fully saturated rings. The second-order valence-corrected chi connectivity index (χ2v) is 10.7. The summed E-state index contributed by atoms with van der Waals surface area (Å²) in [6.07, 6.45) is 4.99. The fourth-order valence-electron chi connectivity index (χ4n) is 1.20. The molecule has 1 aromatic heterocycles. The van der Waals surface area contributed by atoms with Crippen LogP contribution < -0.4 is 0 Å². The minimum absolute atomic E-state index is 0.588. The molecular formula is C11H22N2OSi. The lowest BCUT2D eigenvalue weighted by Gasteiger charge is -2.15. The lowest BCUT2D eigenvalue weighted by Crippen LogP contribution is -2.22. The summed E-state index contributed by atoms with van der Waals surface area (Å²) in [5.41, 5.74) is 1.27. The van der Waals surface area contributed by atoms with E-state index in [0.29, 0.717) is 6.73 Å². The standard InChI is InChI=1S/C11H22N2OSi/c1-5-11-8-12-13(9-11)10-14-6-7-15(2,3)4/h8-9H,5-7,10H2,1-4H3. The number of ether oxygens (including phenoxy) is 1. The van der Waals surface area contributed by atoms with Gasteiger partial charge in [-0.25, -0.2) is 4.68 Å². The van der Waals surface area contributed by atoms with Gasteiger partial charge >= 0.3 is 0 Å². The summed E-state index contributed by atoms with van der Waals surface area (Å²) in [4.78, 5) is 0. The van der Waals surface area contributed by atoms with Gasteiger partial charge in [0.05, 0.1) is 6.20 Å². The molecule has 3 nitrogen and oxygen atoms in total. The maximum atomic E-state index is 5.59. The molecule has 0 saturated heterocycles. The molecule has 1 aromatic rings. The van der Waals surface area contributed by atoms with Gasteiger partial charge in [-0.2, -0.15) is 5.10 Å². The summed E-state index contributed by atoms with van der Waals surface area (Å²) in [7, 11) is -0.952. The summed E-state index contributed by atoms with van der Waals surface area (Å²) in [6, 6.07) is 1.22. The molecule has 4 heteroatoms. The average Bonchev–Trinajstić information content (AvgIpc) is 2.59. The van der Waals surface area contributed by atoms with E-state index in [0.717, 1.165) is 13.0 Å².